The third-order valence-corrected chi connectivity index (χ3v) is 6.38. The van der Waals surface area contributed by atoms with Crippen LogP contribution in [0.1, 0.15) is 51.7 Å². The van der Waals surface area contributed by atoms with Gasteiger partial charge in [-0.15, -0.1) is 0 Å². The SMILES string of the molecule is Cc1c(C(C)(NSC(C)(C)C)C2CC2)cc(-c2ccc(F)cc2)nc1Cl. The summed E-state index contributed by atoms with van der Waals surface area (Å²) in [4.78, 5) is 4.54. The van der Waals surface area contributed by atoms with Crippen LogP contribution >= 0.6 is 23.5 Å². The molecular formula is C21H26ClFN2S. The van der Waals surface area contributed by atoms with Crippen molar-refractivity contribution in [1.29, 1.82) is 0 Å². The smallest absolute Gasteiger partial charge is 0.133 e. The molecule has 1 heterocycles. The highest BCUT2D eigenvalue weighted by molar-refractivity contribution is 7.98. The molecular weight excluding hydrogens is 367 g/mol. The van der Waals surface area contributed by atoms with Gasteiger partial charge >= 0.3 is 0 Å². The minimum Gasteiger partial charge on any atom is -0.253 e. The molecule has 0 aliphatic heterocycles. The van der Waals surface area contributed by atoms with E-state index in [0.717, 1.165) is 16.8 Å². The van der Waals surface area contributed by atoms with Crippen LogP contribution in [0.4, 0.5) is 4.39 Å². The second-order valence-corrected chi connectivity index (χ2v) is 10.3. The van der Waals surface area contributed by atoms with Gasteiger partial charge in [0.2, 0.25) is 0 Å². The summed E-state index contributed by atoms with van der Waals surface area (Å²) in [7, 11) is 0. The van der Waals surface area contributed by atoms with Gasteiger partial charge in [-0.05, 0) is 94.8 Å². The van der Waals surface area contributed by atoms with E-state index in [0.29, 0.717) is 11.1 Å². The monoisotopic (exact) mass is 392 g/mol. The molecule has 1 saturated carbocycles. The Kier molecular flexibility index (Phi) is 5.40. The first kappa shape index (κ1) is 19.7. The molecule has 0 amide bonds. The lowest BCUT2D eigenvalue weighted by Crippen LogP contribution is -2.40. The standard InChI is InChI=1S/C21H26ClFN2S/c1-13-17(21(5,15-8-9-15)25-26-20(2,3)4)12-18(24-19(13)22)14-6-10-16(23)11-7-14/h6-7,10-12,15,25H,8-9H2,1-5H3. The number of benzene rings is 1. The fraction of sp³-hybridized carbons (Fsp3) is 0.476. The van der Waals surface area contributed by atoms with Gasteiger partial charge in [0.25, 0.3) is 0 Å². The molecule has 0 saturated heterocycles. The maximum absolute atomic E-state index is 13.3. The van der Waals surface area contributed by atoms with Crippen LogP contribution < -0.4 is 4.72 Å². The molecule has 1 atom stereocenters. The predicted molar refractivity (Wildman–Crippen MR) is 110 cm³/mol. The number of hydrogen-bond acceptors (Lipinski definition) is 3. The van der Waals surface area contributed by atoms with Gasteiger partial charge in [0, 0.05) is 10.3 Å². The molecule has 1 aliphatic carbocycles. The van der Waals surface area contributed by atoms with Crippen molar-refractivity contribution in [1.82, 2.24) is 9.71 Å². The first-order valence-corrected chi connectivity index (χ1v) is 10.2. The third-order valence-electron chi connectivity index (χ3n) is 4.88. The van der Waals surface area contributed by atoms with E-state index in [2.05, 4.69) is 43.5 Å². The maximum Gasteiger partial charge on any atom is 0.133 e. The summed E-state index contributed by atoms with van der Waals surface area (Å²) in [6.45, 7) is 10.9. The second kappa shape index (κ2) is 7.14. The molecule has 1 aliphatic rings. The van der Waals surface area contributed by atoms with Gasteiger partial charge in [0.15, 0.2) is 0 Å². The van der Waals surface area contributed by atoms with Crippen LogP contribution in [0.3, 0.4) is 0 Å². The molecule has 0 radical (unpaired) electrons. The van der Waals surface area contributed by atoms with Crippen molar-refractivity contribution >= 4 is 23.5 Å². The zero-order chi connectivity index (χ0) is 19.1. The highest BCUT2D eigenvalue weighted by Gasteiger charge is 2.44. The first-order valence-electron chi connectivity index (χ1n) is 8.99. The van der Waals surface area contributed by atoms with E-state index in [1.54, 1.807) is 24.1 Å². The minimum atomic E-state index is -0.252. The van der Waals surface area contributed by atoms with Crippen LogP contribution in [-0.4, -0.2) is 9.73 Å². The normalized spacial score (nSPS) is 17.2. The minimum absolute atomic E-state index is 0.112. The average Bonchev–Trinajstić information content (AvgIpc) is 3.40. The summed E-state index contributed by atoms with van der Waals surface area (Å²) in [5.41, 5.74) is 3.66. The Hall–Kier alpha value is -1.10. The summed E-state index contributed by atoms with van der Waals surface area (Å²) in [5, 5.41) is 0.510. The van der Waals surface area contributed by atoms with Crippen LogP contribution in [0.25, 0.3) is 11.3 Å². The van der Waals surface area contributed by atoms with Crippen LogP contribution in [0, 0.1) is 18.7 Å². The fourth-order valence-corrected chi connectivity index (χ4v) is 4.15. The molecule has 3 rings (SSSR count). The van der Waals surface area contributed by atoms with Crippen molar-refractivity contribution in [2.24, 2.45) is 5.92 Å². The Bertz CT molecular complexity index is 797. The average molecular weight is 393 g/mol. The number of aromatic nitrogens is 1. The Morgan fingerprint density at radius 2 is 1.77 bits per heavy atom. The van der Waals surface area contributed by atoms with Crippen LogP contribution in [-0.2, 0) is 5.54 Å². The lowest BCUT2D eigenvalue weighted by Gasteiger charge is -2.35. The van der Waals surface area contributed by atoms with Crippen LogP contribution in [0.15, 0.2) is 30.3 Å². The fourth-order valence-electron chi connectivity index (χ4n) is 3.16. The highest BCUT2D eigenvalue weighted by atomic mass is 35.5. The van der Waals surface area contributed by atoms with Crippen molar-refractivity contribution in [2.45, 2.75) is 57.7 Å². The molecule has 0 bridgehead atoms. The molecule has 1 aromatic heterocycles. The van der Waals surface area contributed by atoms with E-state index >= 15 is 0 Å². The summed E-state index contributed by atoms with van der Waals surface area (Å²) in [6.07, 6.45) is 2.42. The van der Waals surface area contributed by atoms with Crippen molar-refractivity contribution in [2.75, 3.05) is 0 Å². The molecule has 1 fully saturated rings. The number of nitrogens with one attached hydrogen (secondary N) is 1. The molecule has 140 valence electrons. The lowest BCUT2D eigenvalue weighted by atomic mass is 9.85. The zero-order valence-corrected chi connectivity index (χ0v) is 17.6. The van der Waals surface area contributed by atoms with E-state index in [1.165, 1.54) is 30.5 Å². The van der Waals surface area contributed by atoms with Crippen molar-refractivity contribution in [3.63, 3.8) is 0 Å². The van der Waals surface area contributed by atoms with Gasteiger partial charge in [0.1, 0.15) is 11.0 Å². The predicted octanol–water partition coefficient (Wildman–Crippen LogP) is 6.51. The van der Waals surface area contributed by atoms with Gasteiger partial charge in [-0.25, -0.2) is 9.37 Å². The summed E-state index contributed by atoms with van der Waals surface area (Å²) in [6, 6.07) is 8.53. The highest BCUT2D eigenvalue weighted by Crippen LogP contribution is 2.49. The number of pyridine rings is 1. The molecule has 2 aromatic rings. The molecule has 1 unspecified atom stereocenters. The molecule has 26 heavy (non-hydrogen) atoms. The summed E-state index contributed by atoms with van der Waals surface area (Å²) < 4.78 is 17.1. The lowest BCUT2D eigenvalue weighted by molar-refractivity contribution is 0.389. The molecule has 1 N–H and O–H groups in total. The van der Waals surface area contributed by atoms with Gasteiger partial charge in [-0.2, -0.15) is 0 Å². The summed E-state index contributed by atoms with van der Waals surface area (Å²) >= 11 is 8.26. The van der Waals surface area contributed by atoms with Gasteiger partial charge in [-0.3, -0.25) is 4.72 Å². The quantitative estimate of drug-likeness (QED) is 0.463. The number of hydrogen-bond donors (Lipinski definition) is 1. The van der Waals surface area contributed by atoms with E-state index in [9.17, 15) is 4.39 Å². The van der Waals surface area contributed by atoms with Gasteiger partial charge in [0.05, 0.1) is 11.2 Å². The van der Waals surface area contributed by atoms with Crippen molar-refractivity contribution in [3.8, 4) is 11.3 Å². The van der Waals surface area contributed by atoms with E-state index < -0.39 is 0 Å². The van der Waals surface area contributed by atoms with E-state index in [4.69, 9.17) is 11.6 Å². The van der Waals surface area contributed by atoms with E-state index in [-0.39, 0.29) is 16.1 Å². The number of rotatable bonds is 5. The Labute approximate surface area is 165 Å². The Morgan fingerprint density at radius 1 is 1.15 bits per heavy atom. The van der Waals surface area contributed by atoms with Crippen molar-refractivity contribution < 1.29 is 4.39 Å². The zero-order valence-electron chi connectivity index (χ0n) is 16.0. The molecule has 2 nitrogen and oxygen atoms in total. The first-order chi connectivity index (χ1) is 12.1. The topological polar surface area (TPSA) is 24.9 Å². The molecule has 0 spiro atoms. The maximum atomic E-state index is 13.3. The number of nitrogens with zero attached hydrogens (tertiary/aromatic N) is 1. The Balaban J connectivity index is 2.05. The number of halogens is 2. The molecule has 1 aromatic carbocycles. The van der Waals surface area contributed by atoms with Crippen LogP contribution in [0.5, 0.6) is 0 Å². The third kappa shape index (κ3) is 4.24. The largest absolute Gasteiger partial charge is 0.253 e. The van der Waals surface area contributed by atoms with Gasteiger partial charge < -0.3 is 0 Å². The molecule has 5 heteroatoms. The van der Waals surface area contributed by atoms with Crippen LogP contribution in [0.2, 0.25) is 5.15 Å². The van der Waals surface area contributed by atoms with Gasteiger partial charge in [-0.1, -0.05) is 23.5 Å². The van der Waals surface area contributed by atoms with E-state index in [1.807, 2.05) is 6.92 Å². The second-order valence-electron chi connectivity index (χ2n) is 8.27. The van der Waals surface area contributed by atoms with Crippen molar-refractivity contribution in [3.05, 3.63) is 52.4 Å². The Morgan fingerprint density at radius 3 is 2.31 bits per heavy atom. The summed E-state index contributed by atoms with van der Waals surface area (Å²) in [5.74, 6) is 0.328.